The Hall–Kier alpha value is -2.14. The van der Waals surface area contributed by atoms with E-state index in [2.05, 4.69) is 11.2 Å². The second-order valence-corrected chi connectivity index (χ2v) is 6.83. The Bertz CT molecular complexity index is 736. The molecule has 2 atom stereocenters. The number of hydrogen-bond acceptors (Lipinski definition) is 3. The van der Waals surface area contributed by atoms with Gasteiger partial charge >= 0.3 is 0 Å². The maximum absolute atomic E-state index is 12.7. The number of amides is 1. The van der Waals surface area contributed by atoms with Crippen molar-refractivity contribution >= 4 is 5.91 Å². The zero-order chi connectivity index (χ0) is 17.3. The predicted octanol–water partition coefficient (Wildman–Crippen LogP) is 2.39. The number of nitrogens with zero attached hydrogens (tertiary/aromatic N) is 3. The topological polar surface area (TPSA) is 58.4 Å². The van der Waals surface area contributed by atoms with E-state index in [9.17, 15) is 9.90 Å². The highest BCUT2D eigenvalue weighted by Gasteiger charge is 2.29. The summed E-state index contributed by atoms with van der Waals surface area (Å²) in [5.41, 5.74) is 3.89. The van der Waals surface area contributed by atoms with E-state index in [1.165, 1.54) is 0 Å². The van der Waals surface area contributed by atoms with Gasteiger partial charge in [-0.3, -0.25) is 9.48 Å². The van der Waals surface area contributed by atoms with E-state index >= 15 is 0 Å². The Morgan fingerprint density at radius 1 is 1.38 bits per heavy atom. The Balaban J connectivity index is 1.73. The van der Waals surface area contributed by atoms with Crippen LogP contribution in [0.15, 0.2) is 30.3 Å². The molecule has 0 bridgehead atoms. The lowest BCUT2D eigenvalue weighted by molar-refractivity contribution is 0.0762. The summed E-state index contributed by atoms with van der Waals surface area (Å²) in [6.07, 6.45) is 0.509. The molecule has 1 aliphatic rings. The van der Waals surface area contributed by atoms with Crippen LogP contribution in [0.25, 0.3) is 0 Å². The Morgan fingerprint density at radius 2 is 2.17 bits per heavy atom. The fraction of sp³-hybridized carbons (Fsp3) is 0.474. The molecule has 5 heteroatoms. The van der Waals surface area contributed by atoms with Crippen molar-refractivity contribution in [2.75, 3.05) is 13.1 Å². The third-order valence-electron chi connectivity index (χ3n) is 4.80. The molecule has 24 heavy (non-hydrogen) atoms. The molecular weight excluding hydrogens is 302 g/mol. The van der Waals surface area contributed by atoms with E-state index in [0.29, 0.717) is 18.7 Å². The molecule has 1 aromatic heterocycles. The van der Waals surface area contributed by atoms with Gasteiger partial charge in [0.05, 0.1) is 18.3 Å². The summed E-state index contributed by atoms with van der Waals surface area (Å²) in [5.74, 6) is 0.236. The van der Waals surface area contributed by atoms with Crippen molar-refractivity contribution < 1.29 is 9.90 Å². The van der Waals surface area contributed by atoms with Gasteiger partial charge in [0.1, 0.15) is 0 Å². The summed E-state index contributed by atoms with van der Waals surface area (Å²) in [6.45, 7) is 7.84. The van der Waals surface area contributed by atoms with Crippen molar-refractivity contribution in [2.45, 2.75) is 39.8 Å². The smallest absolute Gasteiger partial charge is 0.253 e. The number of aliphatic hydroxyl groups excluding tert-OH is 1. The fourth-order valence-electron chi connectivity index (χ4n) is 3.36. The van der Waals surface area contributed by atoms with E-state index in [1.807, 2.05) is 47.7 Å². The molecule has 0 aliphatic carbocycles. The second-order valence-electron chi connectivity index (χ2n) is 6.83. The van der Waals surface area contributed by atoms with Gasteiger partial charge in [0.15, 0.2) is 0 Å². The number of aromatic nitrogens is 2. The molecular formula is C19H25N3O2. The van der Waals surface area contributed by atoms with Gasteiger partial charge in [0.2, 0.25) is 0 Å². The van der Waals surface area contributed by atoms with Gasteiger partial charge < -0.3 is 10.0 Å². The second kappa shape index (κ2) is 6.77. The molecule has 2 aromatic rings. The summed E-state index contributed by atoms with van der Waals surface area (Å²) >= 11 is 0. The number of hydrogen-bond donors (Lipinski definition) is 1. The van der Waals surface area contributed by atoms with Crippen LogP contribution in [0, 0.1) is 19.8 Å². The maximum atomic E-state index is 12.7. The third-order valence-corrected chi connectivity index (χ3v) is 4.80. The first kappa shape index (κ1) is 16.7. The van der Waals surface area contributed by atoms with E-state index in [-0.39, 0.29) is 17.9 Å². The lowest BCUT2D eigenvalue weighted by Crippen LogP contribution is -2.30. The molecule has 1 amide bonds. The first-order chi connectivity index (χ1) is 11.4. The van der Waals surface area contributed by atoms with Crippen LogP contribution in [0.1, 0.15) is 40.7 Å². The zero-order valence-electron chi connectivity index (χ0n) is 14.6. The highest BCUT2D eigenvalue weighted by Crippen LogP contribution is 2.22. The molecule has 1 fully saturated rings. The van der Waals surface area contributed by atoms with Crippen LogP contribution in [0.3, 0.4) is 0 Å². The van der Waals surface area contributed by atoms with Crippen LogP contribution >= 0.6 is 0 Å². The molecule has 2 unspecified atom stereocenters. The fourth-order valence-corrected chi connectivity index (χ4v) is 3.36. The molecule has 0 saturated carbocycles. The van der Waals surface area contributed by atoms with Crippen LogP contribution < -0.4 is 0 Å². The highest BCUT2D eigenvalue weighted by atomic mass is 16.3. The van der Waals surface area contributed by atoms with Gasteiger partial charge in [-0.05, 0) is 51.0 Å². The monoisotopic (exact) mass is 327 g/mol. The lowest BCUT2D eigenvalue weighted by atomic mass is 10.0. The van der Waals surface area contributed by atoms with Crippen LogP contribution in [-0.2, 0) is 6.54 Å². The minimum Gasteiger partial charge on any atom is -0.393 e. The molecule has 3 rings (SSSR count). The predicted molar refractivity (Wildman–Crippen MR) is 92.9 cm³/mol. The van der Waals surface area contributed by atoms with Crippen molar-refractivity contribution in [1.29, 1.82) is 0 Å². The number of likely N-dealkylation sites (tertiary alicyclic amines) is 1. The van der Waals surface area contributed by atoms with Gasteiger partial charge in [0, 0.05) is 30.3 Å². The number of aliphatic hydroxyl groups is 1. The molecule has 1 aromatic carbocycles. The summed E-state index contributed by atoms with van der Waals surface area (Å²) < 4.78 is 1.96. The standard InChI is InChI=1S/C19H25N3O2/c1-13-9-14(2)22(20-13)11-16-5-4-6-17(10-16)19(24)21-8-7-18(12-21)15(3)23/h4-6,9-10,15,18,23H,7-8,11-12H2,1-3H3. The quantitative estimate of drug-likeness (QED) is 0.938. The average molecular weight is 327 g/mol. The maximum Gasteiger partial charge on any atom is 0.253 e. The summed E-state index contributed by atoms with van der Waals surface area (Å²) in [4.78, 5) is 14.6. The van der Waals surface area contributed by atoms with Gasteiger partial charge in [-0.1, -0.05) is 12.1 Å². The first-order valence-electron chi connectivity index (χ1n) is 8.51. The van der Waals surface area contributed by atoms with E-state index in [4.69, 9.17) is 0 Å². The zero-order valence-corrected chi connectivity index (χ0v) is 14.6. The molecule has 0 spiro atoms. The van der Waals surface area contributed by atoms with Crippen LogP contribution in [-0.4, -0.2) is 44.9 Å². The third kappa shape index (κ3) is 3.51. The van der Waals surface area contributed by atoms with Crippen molar-refractivity contribution in [2.24, 2.45) is 5.92 Å². The lowest BCUT2D eigenvalue weighted by Gasteiger charge is -2.18. The van der Waals surface area contributed by atoms with Crippen molar-refractivity contribution in [1.82, 2.24) is 14.7 Å². The first-order valence-corrected chi connectivity index (χ1v) is 8.51. The van der Waals surface area contributed by atoms with Crippen LogP contribution in [0.4, 0.5) is 0 Å². The highest BCUT2D eigenvalue weighted by molar-refractivity contribution is 5.94. The molecule has 5 nitrogen and oxygen atoms in total. The Kier molecular flexibility index (Phi) is 4.71. The van der Waals surface area contributed by atoms with E-state index in [1.54, 1.807) is 6.92 Å². The molecule has 128 valence electrons. The Labute approximate surface area is 142 Å². The molecule has 0 radical (unpaired) electrons. The van der Waals surface area contributed by atoms with Crippen molar-refractivity contribution in [3.63, 3.8) is 0 Å². The normalized spacial score (nSPS) is 18.8. The van der Waals surface area contributed by atoms with Gasteiger partial charge in [-0.15, -0.1) is 0 Å². The summed E-state index contributed by atoms with van der Waals surface area (Å²) in [5, 5.41) is 14.2. The average Bonchev–Trinajstić information content (AvgIpc) is 3.14. The SMILES string of the molecule is Cc1cc(C)n(Cc2cccc(C(=O)N3CCC(C(C)O)C3)c2)n1. The number of carbonyl (C=O) groups excluding carboxylic acids is 1. The molecule has 1 aliphatic heterocycles. The number of carbonyl (C=O) groups is 1. The van der Waals surface area contributed by atoms with Gasteiger partial charge in [-0.25, -0.2) is 0 Å². The number of benzene rings is 1. The van der Waals surface area contributed by atoms with Crippen molar-refractivity contribution in [3.8, 4) is 0 Å². The van der Waals surface area contributed by atoms with E-state index < -0.39 is 0 Å². The molecule has 1 N–H and O–H groups in total. The summed E-state index contributed by atoms with van der Waals surface area (Å²) in [6, 6.07) is 9.82. The number of aryl methyl sites for hydroxylation is 2. The minimum atomic E-state index is -0.361. The minimum absolute atomic E-state index is 0.0494. The van der Waals surface area contributed by atoms with E-state index in [0.717, 1.165) is 29.9 Å². The van der Waals surface area contributed by atoms with Gasteiger partial charge in [-0.2, -0.15) is 5.10 Å². The molecule has 1 saturated heterocycles. The van der Waals surface area contributed by atoms with Gasteiger partial charge in [0.25, 0.3) is 5.91 Å². The largest absolute Gasteiger partial charge is 0.393 e. The molecule has 2 heterocycles. The van der Waals surface area contributed by atoms with Crippen LogP contribution in [0.5, 0.6) is 0 Å². The van der Waals surface area contributed by atoms with Crippen molar-refractivity contribution in [3.05, 3.63) is 52.8 Å². The Morgan fingerprint density at radius 3 is 2.79 bits per heavy atom. The summed E-state index contributed by atoms with van der Waals surface area (Å²) in [7, 11) is 0. The van der Waals surface area contributed by atoms with Crippen LogP contribution in [0.2, 0.25) is 0 Å². The number of rotatable bonds is 4.